The number of methoxy groups -OCH3 is 1. The van der Waals surface area contributed by atoms with Crippen LogP contribution in [0.5, 0.6) is 0 Å². The molecule has 0 radical (unpaired) electrons. The molecule has 0 saturated heterocycles. The van der Waals surface area contributed by atoms with Gasteiger partial charge in [-0.05, 0) is 30.6 Å². The molecule has 0 aliphatic heterocycles. The maximum atomic E-state index is 11.6. The Kier molecular flexibility index (Phi) is 2.44. The van der Waals surface area contributed by atoms with Crippen LogP contribution in [0, 0.1) is 29.6 Å². The molecule has 0 spiro atoms. The number of carbonyl (C=O) groups excluding carboxylic acids is 1. The molecule has 0 aromatic heterocycles. The normalized spacial score (nSPS) is 42.9. The van der Waals surface area contributed by atoms with Gasteiger partial charge in [-0.3, -0.25) is 9.59 Å². The molecule has 84 valence electrons. The van der Waals surface area contributed by atoms with Gasteiger partial charge in [0.2, 0.25) is 0 Å². The summed E-state index contributed by atoms with van der Waals surface area (Å²) in [7, 11) is 1.33. The summed E-state index contributed by atoms with van der Waals surface area (Å²) in [5.41, 5.74) is 0. The number of rotatable bonds is 2. The lowest BCUT2D eigenvalue weighted by atomic mass is 9.74. The fourth-order valence-corrected chi connectivity index (χ4v) is 3.50. The summed E-state index contributed by atoms with van der Waals surface area (Å²) in [6, 6.07) is 0. The first-order valence-electron chi connectivity index (χ1n) is 5.37. The fourth-order valence-electron chi connectivity index (χ4n) is 3.50. The van der Waals surface area contributed by atoms with Gasteiger partial charge in [0.1, 0.15) is 0 Å². The highest BCUT2D eigenvalue weighted by molar-refractivity contribution is 5.82. The van der Waals surface area contributed by atoms with Gasteiger partial charge >= 0.3 is 11.9 Å². The minimum atomic E-state index is -0.843. The predicted molar refractivity (Wildman–Crippen MR) is 52.0 cm³/mol. The number of hydrogen-bond acceptors (Lipinski definition) is 3. The van der Waals surface area contributed by atoms with Crippen molar-refractivity contribution in [2.24, 2.45) is 29.6 Å². The van der Waals surface area contributed by atoms with E-state index in [1.165, 1.54) is 7.11 Å². The summed E-state index contributed by atoms with van der Waals surface area (Å²) in [6.45, 7) is 2.10. The van der Waals surface area contributed by atoms with Gasteiger partial charge in [-0.2, -0.15) is 0 Å². The number of hydrogen-bond donors (Lipinski definition) is 1. The highest BCUT2D eigenvalue weighted by Crippen LogP contribution is 2.55. The lowest BCUT2D eigenvalue weighted by Gasteiger charge is -2.29. The van der Waals surface area contributed by atoms with E-state index in [1.54, 1.807) is 0 Å². The van der Waals surface area contributed by atoms with Crippen LogP contribution < -0.4 is 0 Å². The molecule has 2 saturated carbocycles. The molecule has 4 nitrogen and oxygen atoms in total. The highest BCUT2D eigenvalue weighted by atomic mass is 16.5. The largest absolute Gasteiger partial charge is 0.481 e. The Morgan fingerprint density at radius 1 is 1.27 bits per heavy atom. The molecule has 2 bridgehead atoms. The average Bonchev–Trinajstić information content (AvgIpc) is 2.71. The second-order valence-electron chi connectivity index (χ2n) is 4.79. The number of carboxylic acids is 1. The Bertz CT molecular complexity index is 299. The number of ether oxygens (including phenoxy) is 1. The van der Waals surface area contributed by atoms with Crippen molar-refractivity contribution in [1.82, 2.24) is 0 Å². The molecule has 1 N–H and O–H groups in total. The van der Waals surface area contributed by atoms with E-state index in [9.17, 15) is 9.59 Å². The lowest BCUT2D eigenvalue weighted by Crippen LogP contribution is -2.38. The summed E-state index contributed by atoms with van der Waals surface area (Å²) in [5, 5.41) is 9.13. The second kappa shape index (κ2) is 3.51. The third kappa shape index (κ3) is 1.43. The average molecular weight is 212 g/mol. The molecule has 0 heterocycles. The van der Waals surface area contributed by atoms with Crippen molar-refractivity contribution in [3.8, 4) is 0 Å². The van der Waals surface area contributed by atoms with Crippen LogP contribution in [0.25, 0.3) is 0 Å². The van der Waals surface area contributed by atoms with E-state index in [0.29, 0.717) is 5.92 Å². The van der Waals surface area contributed by atoms with Crippen molar-refractivity contribution in [3.05, 3.63) is 0 Å². The zero-order chi connectivity index (χ0) is 11.2. The molecule has 2 aliphatic carbocycles. The van der Waals surface area contributed by atoms with Gasteiger partial charge in [0.05, 0.1) is 18.9 Å². The Morgan fingerprint density at radius 2 is 1.93 bits per heavy atom. The number of carboxylic acid groups (broad SMARTS) is 1. The topological polar surface area (TPSA) is 63.6 Å². The van der Waals surface area contributed by atoms with Gasteiger partial charge in [-0.15, -0.1) is 0 Å². The first kappa shape index (κ1) is 10.5. The maximum absolute atomic E-state index is 11.6. The van der Waals surface area contributed by atoms with Gasteiger partial charge < -0.3 is 9.84 Å². The minimum absolute atomic E-state index is 0.173. The summed E-state index contributed by atoms with van der Waals surface area (Å²) in [5.74, 6) is -1.28. The molecule has 0 amide bonds. The SMILES string of the molecule is COC(=O)C1C2CC(CC2C)C1C(=O)O. The van der Waals surface area contributed by atoms with Crippen LogP contribution in [0.3, 0.4) is 0 Å². The molecular formula is C11H16O4. The molecule has 2 fully saturated rings. The van der Waals surface area contributed by atoms with Crippen molar-refractivity contribution in [2.75, 3.05) is 7.11 Å². The predicted octanol–water partition coefficient (Wildman–Crippen LogP) is 1.15. The van der Waals surface area contributed by atoms with Crippen LogP contribution in [-0.2, 0) is 14.3 Å². The van der Waals surface area contributed by atoms with Crippen molar-refractivity contribution in [2.45, 2.75) is 19.8 Å². The number of esters is 1. The van der Waals surface area contributed by atoms with Gasteiger partial charge in [0.15, 0.2) is 0 Å². The molecule has 0 aromatic carbocycles. The fraction of sp³-hybridized carbons (Fsp3) is 0.818. The number of aliphatic carboxylic acids is 1. The Hall–Kier alpha value is -1.06. The zero-order valence-corrected chi connectivity index (χ0v) is 8.97. The van der Waals surface area contributed by atoms with Crippen molar-refractivity contribution >= 4 is 11.9 Å². The van der Waals surface area contributed by atoms with E-state index in [-0.39, 0.29) is 17.8 Å². The van der Waals surface area contributed by atoms with E-state index in [2.05, 4.69) is 6.92 Å². The molecule has 2 rings (SSSR count). The first-order valence-corrected chi connectivity index (χ1v) is 5.37. The summed E-state index contributed by atoms with van der Waals surface area (Å²) < 4.78 is 4.71. The van der Waals surface area contributed by atoms with Crippen LogP contribution in [-0.4, -0.2) is 24.2 Å². The van der Waals surface area contributed by atoms with Crippen molar-refractivity contribution in [1.29, 1.82) is 0 Å². The van der Waals surface area contributed by atoms with Crippen LogP contribution >= 0.6 is 0 Å². The van der Waals surface area contributed by atoms with Crippen LogP contribution in [0.15, 0.2) is 0 Å². The zero-order valence-electron chi connectivity index (χ0n) is 8.97. The number of carbonyl (C=O) groups is 2. The third-order valence-corrected chi connectivity index (χ3v) is 4.09. The third-order valence-electron chi connectivity index (χ3n) is 4.09. The number of fused-ring (bicyclic) bond motifs is 2. The van der Waals surface area contributed by atoms with Gasteiger partial charge in [-0.25, -0.2) is 0 Å². The van der Waals surface area contributed by atoms with Gasteiger partial charge in [0, 0.05) is 0 Å². The van der Waals surface area contributed by atoms with Crippen LogP contribution in [0.2, 0.25) is 0 Å². The standard InChI is InChI=1S/C11H16O4/c1-5-3-6-4-7(5)9(11(14)15-2)8(6)10(12)13/h5-9H,3-4H2,1-2H3,(H,12,13). The quantitative estimate of drug-likeness (QED) is 0.697. The minimum Gasteiger partial charge on any atom is -0.481 e. The molecule has 2 aliphatic rings. The van der Waals surface area contributed by atoms with E-state index >= 15 is 0 Å². The maximum Gasteiger partial charge on any atom is 0.309 e. The Balaban J connectivity index is 2.25. The lowest BCUT2D eigenvalue weighted by molar-refractivity contribution is -0.159. The molecule has 5 atom stereocenters. The second-order valence-corrected chi connectivity index (χ2v) is 4.79. The Labute approximate surface area is 88.6 Å². The van der Waals surface area contributed by atoms with E-state index < -0.39 is 17.8 Å². The van der Waals surface area contributed by atoms with E-state index in [0.717, 1.165) is 12.8 Å². The van der Waals surface area contributed by atoms with Crippen molar-refractivity contribution < 1.29 is 19.4 Å². The Morgan fingerprint density at radius 3 is 2.47 bits per heavy atom. The molecule has 15 heavy (non-hydrogen) atoms. The van der Waals surface area contributed by atoms with Crippen LogP contribution in [0.1, 0.15) is 19.8 Å². The smallest absolute Gasteiger partial charge is 0.309 e. The van der Waals surface area contributed by atoms with Crippen LogP contribution in [0.4, 0.5) is 0 Å². The van der Waals surface area contributed by atoms with Crippen molar-refractivity contribution in [3.63, 3.8) is 0 Å². The first-order chi connectivity index (χ1) is 7.06. The monoisotopic (exact) mass is 212 g/mol. The molecular weight excluding hydrogens is 196 g/mol. The van der Waals surface area contributed by atoms with Gasteiger partial charge in [-0.1, -0.05) is 6.92 Å². The summed E-state index contributed by atoms with van der Waals surface area (Å²) in [4.78, 5) is 22.7. The molecule has 0 aromatic rings. The summed E-state index contributed by atoms with van der Waals surface area (Å²) >= 11 is 0. The highest BCUT2D eigenvalue weighted by Gasteiger charge is 2.57. The van der Waals surface area contributed by atoms with E-state index in [4.69, 9.17) is 9.84 Å². The summed E-state index contributed by atoms with van der Waals surface area (Å²) in [6.07, 6.45) is 1.81. The molecule has 4 heteroatoms. The van der Waals surface area contributed by atoms with E-state index in [1.807, 2.05) is 0 Å². The molecule has 5 unspecified atom stereocenters. The van der Waals surface area contributed by atoms with Gasteiger partial charge in [0.25, 0.3) is 0 Å².